The fraction of sp³-hybridized carbons (Fsp3) is 0.345. The maximum absolute atomic E-state index is 14.1. The molecular formula is C29H30F3N5O6S. The lowest BCUT2D eigenvalue weighted by atomic mass is 9.84. The smallest absolute Gasteiger partial charge is 0.506 e. The van der Waals surface area contributed by atoms with Crippen molar-refractivity contribution in [2.24, 2.45) is 5.41 Å². The number of anilines is 1. The Kier molecular flexibility index (Phi) is 9.39. The molecule has 1 amide bonds. The van der Waals surface area contributed by atoms with Crippen LogP contribution in [0.2, 0.25) is 0 Å². The molecule has 1 aromatic carbocycles. The highest BCUT2D eigenvalue weighted by atomic mass is 32.2. The highest BCUT2D eigenvalue weighted by molar-refractivity contribution is 7.90. The number of ether oxygens (including phenoxy) is 2. The number of hydrogen-bond donors (Lipinski definition) is 1. The van der Waals surface area contributed by atoms with Crippen LogP contribution >= 0.6 is 0 Å². The molecule has 11 nitrogen and oxygen atoms in total. The number of alkyl halides is 3. The Morgan fingerprint density at radius 1 is 1.09 bits per heavy atom. The number of aromatic nitrogens is 4. The van der Waals surface area contributed by atoms with Crippen molar-refractivity contribution in [3.05, 3.63) is 71.7 Å². The van der Waals surface area contributed by atoms with Gasteiger partial charge in [-0.05, 0) is 31.2 Å². The third kappa shape index (κ3) is 7.22. The molecule has 4 rings (SSSR count). The highest BCUT2D eigenvalue weighted by Crippen LogP contribution is 2.40. The number of nitrogens with zero attached hydrogens (tertiary/aromatic N) is 5. The van der Waals surface area contributed by atoms with E-state index in [0.29, 0.717) is 16.6 Å². The zero-order valence-corrected chi connectivity index (χ0v) is 25.3. The molecule has 0 bridgehead atoms. The van der Waals surface area contributed by atoms with Crippen molar-refractivity contribution in [1.82, 2.24) is 19.5 Å². The molecule has 234 valence electrons. The van der Waals surface area contributed by atoms with E-state index in [0.717, 1.165) is 4.57 Å². The third-order valence-corrected chi connectivity index (χ3v) is 7.77. The second-order valence-corrected chi connectivity index (χ2v) is 12.2. The van der Waals surface area contributed by atoms with Crippen molar-refractivity contribution in [3.8, 4) is 5.75 Å². The normalized spacial score (nSPS) is 13.4. The van der Waals surface area contributed by atoms with Gasteiger partial charge in [-0.2, -0.15) is 18.2 Å². The molecule has 3 aromatic heterocycles. The Bertz CT molecular complexity index is 1670. The Morgan fingerprint density at radius 3 is 2.45 bits per heavy atom. The van der Waals surface area contributed by atoms with Gasteiger partial charge in [0.15, 0.2) is 12.4 Å². The van der Waals surface area contributed by atoms with Gasteiger partial charge in [0.1, 0.15) is 17.7 Å². The van der Waals surface area contributed by atoms with Gasteiger partial charge in [0.25, 0.3) is 0 Å². The second kappa shape index (κ2) is 12.7. The minimum atomic E-state index is -4.55. The van der Waals surface area contributed by atoms with Crippen LogP contribution in [0.1, 0.15) is 43.7 Å². The summed E-state index contributed by atoms with van der Waals surface area (Å²) in [6.07, 6.45) is -4.34. The molecule has 0 fully saturated rings. The summed E-state index contributed by atoms with van der Waals surface area (Å²) in [6.45, 7) is 5.34. The number of carbonyl (C=O) groups excluding carboxylic acids is 1. The largest absolute Gasteiger partial charge is 0.609 e. The summed E-state index contributed by atoms with van der Waals surface area (Å²) < 4.78 is 63.2. The highest BCUT2D eigenvalue weighted by Gasteiger charge is 2.36. The predicted molar refractivity (Wildman–Crippen MR) is 155 cm³/mol. The minimum absolute atomic E-state index is 0.0618. The van der Waals surface area contributed by atoms with Gasteiger partial charge >= 0.3 is 23.5 Å². The summed E-state index contributed by atoms with van der Waals surface area (Å²) in [5.74, 6) is -0.225. The van der Waals surface area contributed by atoms with Gasteiger partial charge in [-0.25, -0.2) is 19.1 Å². The lowest BCUT2D eigenvalue weighted by Gasteiger charge is -2.32. The van der Waals surface area contributed by atoms with E-state index in [1.54, 1.807) is 57.2 Å². The summed E-state index contributed by atoms with van der Waals surface area (Å²) in [6, 6.07) is 10.4. The molecule has 0 saturated carbocycles. The van der Waals surface area contributed by atoms with Gasteiger partial charge < -0.3 is 19.1 Å². The lowest BCUT2D eigenvalue weighted by Crippen LogP contribution is -2.35. The number of carbonyl (C=O) groups is 2. The SMILES string of the molecule is Cc1c(OCC(F)(F)F)ccnc1C[S@@+]([O-])c1nc2ccccc2n1C(=O)N(C)c1ncccc1C(OC(=O)O)C(C)(C)C. The van der Waals surface area contributed by atoms with E-state index in [1.807, 2.05) is 0 Å². The lowest BCUT2D eigenvalue weighted by molar-refractivity contribution is -0.153. The quantitative estimate of drug-likeness (QED) is 0.175. The molecule has 1 N–H and O–H groups in total. The van der Waals surface area contributed by atoms with E-state index in [4.69, 9.17) is 9.47 Å². The topological polar surface area (TPSA) is 143 Å². The van der Waals surface area contributed by atoms with Gasteiger partial charge in [0.2, 0.25) is 0 Å². The maximum Gasteiger partial charge on any atom is 0.506 e. The van der Waals surface area contributed by atoms with Crippen molar-refractivity contribution >= 4 is 40.2 Å². The third-order valence-electron chi connectivity index (χ3n) is 6.55. The number of benzene rings is 1. The Balaban J connectivity index is 1.73. The molecule has 0 spiro atoms. The van der Waals surface area contributed by atoms with E-state index in [-0.39, 0.29) is 33.7 Å². The molecule has 0 aliphatic carbocycles. The maximum atomic E-state index is 14.1. The van der Waals surface area contributed by atoms with Crippen molar-refractivity contribution in [2.45, 2.75) is 50.9 Å². The number of halogens is 3. The molecule has 44 heavy (non-hydrogen) atoms. The number of pyridine rings is 2. The van der Waals surface area contributed by atoms with Crippen molar-refractivity contribution in [2.75, 3.05) is 18.6 Å². The number of para-hydroxylation sites is 2. The van der Waals surface area contributed by atoms with Crippen molar-refractivity contribution < 1.29 is 41.9 Å². The van der Waals surface area contributed by atoms with Crippen LogP contribution in [0.4, 0.5) is 28.6 Å². The summed E-state index contributed by atoms with van der Waals surface area (Å²) in [4.78, 5) is 39.8. The second-order valence-electron chi connectivity index (χ2n) is 10.9. The van der Waals surface area contributed by atoms with Crippen LogP contribution in [0, 0.1) is 12.3 Å². The van der Waals surface area contributed by atoms with E-state index in [1.165, 1.54) is 37.3 Å². The van der Waals surface area contributed by atoms with Gasteiger partial charge in [-0.15, -0.1) is 0 Å². The first-order valence-electron chi connectivity index (χ1n) is 13.2. The molecule has 0 aliphatic heterocycles. The zero-order chi connectivity index (χ0) is 32.4. The molecule has 4 aromatic rings. The first-order valence-corrected chi connectivity index (χ1v) is 14.5. The van der Waals surface area contributed by atoms with Gasteiger partial charge in [0, 0.05) is 47.2 Å². The summed E-state index contributed by atoms with van der Waals surface area (Å²) in [5.41, 5.74) is 0.798. The molecule has 1 unspecified atom stereocenters. The number of fused-ring (bicyclic) bond motifs is 1. The average molecular weight is 634 g/mol. The summed E-state index contributed by atoms with van der Waals surface area (Å²) >= 11 is -2.01. The molecule has 2 atom stereocenters. The van der Waals surface area contributed by atoms with E-state index in [9.17, 15) is 32.4 Å². The first kappa shape index (κ1) is 32.5. The Morgan fingerprint density at radius 2 is 1.80 bits per heavy atom. The van der Waals surface area contributed by atoms with E-state index in [2.05, 4.69) is 15.0 Å². The fourth-order valence-corrected chi connectivity index (χ4v) is 5.74. The van der Waals surface area contributed by atoms with Crippen LogP contribution < -0.4 is 9.64 Å². The van der Waals surface area contributed by atoms with Crippen LogP contribution in [0.3, 0.4) is 0 Å². The van der Waals surface area contributed by atoms with Crippen LogP contribution in [-0.2, 0) is 21.7 Å². The van der Waals surface area contributed by atoms with Gasteiger partial charge in [-0.3, -0.25) is 9.88 Å². The van der Waals surface area contributed by atoms with Crippen LogP contribution in [0.25, 0.3) is 11.0 Å². The molecule has 15 heteroatoms. The fourth-order valence-electron chi connectivity index (χ4n) is 4.49. The Labute approximate surface area is 253 Å². The van der Waals surface area contributed by atoms with E-state index >= 15 is 0 Å². The average Bonchev–Trinajstić information content (AvgIpc) is 3.34. The number of rotatable bonds is 8. The minimum Gasteiger partial charge on any atom is -0.609 e. The summed E-state index contributed by atoms with van der Waals surface area (Å²) in [5, 5.41) is 9.28. The van der Waals surface area contributed by atoms with Crippen LogP contribution in [0.5, 0.6) is 5.75 Å². The van der Waals surface area contributed by atoms with Gasteiger partial charge in [0.05, 0.1) is 16.7 Å². The molecular weight excluding hydrogens is 603 g/mol. The first-order chi connectivity index (χ1) is 20.6. The molecule has 3 heterocycles. The van der Waals surface area contributed by atoms with Gasteiger partial charge in [-0.1, -0.05) is 39.0 Å². The number of imidazole rings is 1. The Hall–Kier alpha value is -4.37. The van der Waals surface area contributed by atoms with Crippen molar-refractivity contribution in [1.29, 1.82) is 0 Å². The number of carboxylic acid groups (broad SMARTS) is 1. The van der Waals surface area contributed by atoms with Crippen LogP contribution in [0.15, 0.2) is 60.0 Å². The molecule has 0 radical (unpaired) electrons. The monoisotopic (exact) mass is 633 g/mol. The van der Waals surface area contributed by atoms with Crippen molar-refractivity contribution in [3.63, 3.8) is 0 Å². The standard InChI is InChI=1S/C29H30F3N5O6S/c1-17-20(33-14-12-22(17)42-16-29(30,31)32)15-44(41)25-35-19-10-6-7-11-21(19)37(25)26(38)36(5)24-18(9-8-13-34-24)23(28(2,3)4)43-27(39)40/h6-14,23H,15-16H2,1-5H3,(H,39,40)/t23?,44-/m1/s1. The van der Waals surface area contributed by atoms with Crippen LogP contribution in [-0.4, -0.2) is 61.2 Å². The summed E-state index contributed by atoms with van der Waals surface area (Å²) in [7, 11) is 1.43. The zero-order valence-electron chi connectivity index (χ0n) is 24.5. The van der Waals surface area contributed by atoms with E-state index < -0.39 is 47.7 Å². The number of hydrogen-bond acceptors (Lipinski definition) is 8. The molecule has 0 aliphatic rings. The predicted octanol–water partition coefficient (Wildman–Crippen LogP) is 6.27. The molecule has 0 saturated heterocycles. The number of amides is 1.